The van der Waals surface area contributed by atoms with Crippen LogP contribution < -0.4 is 5.32 Å². The normalized spacial score (nSPS) is 12.2. The van der Waals surface area contributed by atoms with Crippen molar-refractivity contribution in [1.82, 2.24) is 4.98 Å². The Bertz CT molecular complexity index is 773. The molecular formula is C16H19FN2O2S. The molecule has 0 atom stereocenters. The van der Waals surface area contributed by atoms with Gasteiger partial charge < -0.3 is 5.32 Å². The van der Waals surface area contributed by atoms with Gasteiger partial charge in [-0.25, -0.2) is 17.8 Å². The fourth-order valence-electron chi connectivity index (χ4n) is 2.14. The Morgan fingerprint density at radius 2 is 1.95 bits per heavy atom. The van der Waals surface area contributed by atoms with Crippen LogP contribution in [0, 0.1) is 5.82 Å². The van der Waals surface area contributed by atoms with Crippen molar-refractivity contribution in [2.24, 2.45) is 0 Å². The molecule has 0 saturated heterocycles. The number of pyridine rings is 1. The van der Waals surface area contributed by atoms with Gasteiger partial charge in [0.05, 0.1) is 0 Å². The van der Waals surface area contributed by atoms with E-state index in [1.54, 1.807) is 12.1 Å². The zero-order valence-corrected chi connectivity index (χ0v) is 13.6. The van der Waals surface area contributed by atoms with E-state index >= 15 is 0 Å². The second-order valence-electron chi connectivity index (χ2n) is 5.87. The number of rotatable bonds is 5. The molecule has 6 heteroatoms. The van der Waals surface area contributed by atoms with Gasteiger partial charge in [0.25, 0.3) is 0 Å². The summed E-state index contributed by atoms with van der Waals surface area (Å²) in [6.07, 6.45) is 2.68. The Morgan fingerprint density at radius 1 is 1.23 bits per heavy atom. The molecular weight excluding hydrogens is 303 g/mol. The van der Waals surface area contributed by atoms with Crippen molar-refractivity contribution in [2.45, 2.75) is 24.2 Å². The number of halogens is 1. The van der Waals surface area contributed by atoms with Crippen molar-refractivity contribution in [3.8, 4) is 0 Å². The zero-order valence-electron chi connectivity index (χ0n) is 12.8. The quantitative estimate of drug-likeness (QED) is 0.919. The Balaban J connectivity index is 2.23. The van der Waals surface area contributed by atoms with Crippen LogP contribution in [0.2, 0.25) is 0 Å². The summed E-state index contributed by atoms with van der Waals surface area (Å²) >= 11 is 0. The molecule has 22 heavy (non-hydrogen) atoms. The predicted octanol–water partition coefficient (Wildman–Crippen LogP) is 3.01. The van der Waals surface area contributed by atoms with E-state index in [1.165, 1.54) is 24.4 Å². The number of hydrogen-bond acceptors (Lipinski definition) is 4. The van der Waals surface area contributed by atoms with E-state index in [-0.39, 0.29) is 16.1 Å². The van der Waals surface area contributed by atoms with Gasteiger partial charge in [-0.05, 0) is 29.8 Å². The van der Waals surface area contributed by atoms with E-state index in [2.05, 4.69) is 10.3 Å². The van der Waals surface area contributed by atoms with Crippen LogP contribution in [-0.2, 0) is 15.3 Å². The molecule has 0 bridgehead atoms. The summed E-state index contributed by atoms with van der Waals surface area (Å²) < 4.78 is 36.9. The summed E-state index contributed by atoms with van der Waals surface area (Å²) in [7, 11) is -3.36. The van der Waals surface area contributed by atoms with Gasteiger partial charge in [-0.15, -0.1) is 0 Å². The minimum atomic E-state index is -3.36. The van der Waals surface area contributed by atoms with Gasteiger partial charge in [0.1, 0.15) is 16.5 Å². The van der Waals surface area contributed by atoms with Crippen molar-refractivity contribution >= 4 is 15.7 Å². The van der Waals surface area contributed by atoms with Crippen LogP contribution in [0.5, 0.6) is 0 Å². The van der Waals surface area contributed by atoms with Crippen molar-refractivity contribution in [2.75, 3.05) is 18.1 Å². The summed E-state index contributed by atoms with van der Waals surface area (Å²) in [5, 5.41) is 3.07. The monoisotopic (exact) mass is 322 g/mol. The van der Waals surface area contributed by atoms with Crippen molar-refractivity contribution in [3.63, 3.8) is 0 Å². The first-order valence-electron chi connectivity index (χ1n) is 6.85. The average molecular weight is 322 g/mol. The summed E-state index contributed by atoms with van der Waals surface area (Å²) in [5.41, 5.74) is 0.450. The van der Waals surface area contributed by atoms with Gasteiger partial charge in [-0.3, -0.25) is 0 Å². The highest BCUT2D eigenvalue weighted by molar-refractivity contribution is 7.90. The van der Waals surface area contributed by atoms with Gasteiger partial charge in [0.15, 0.2) is 9.84 Å². The minimum Gasteiger partial charge on any atom is -0.368 e. The molecule has 0 amide bonds. The maximum absolute atomic E-state index is 13.4. The standard InChI is InChI=1S/C16H19FN2O2S/c1-16(2,12-6-4-7-13(17)10-12)11-19-15-14(22(3,20)21)8-5-9-18-15/h4-10H,11H2,1-3H3,(H,18,19). The summed E-state index contributed by atoms with van der Waals surface area (Å²) in [6.45, 7) is 4.34. The van der Waals surface area contributed by atoms with E-state index in [4.69, 9.17) is 0 Å². The lowest BCUT2D eigenvalue weighted by atomic mass is 9.84. The Kier molecular flexibility index (Phi) is 4.51. The lowest BCUT2D eigenvalue weighted by Crippen LogP contribution is -2.28. The maximum atomic E-state index is 13.4. The maximum Gasteiger partial charge on any atom is 0.179 e. The minimum absolute atomic E-state index is 0.157. The lowest BCUT2D eigenvalue weighted by molar-refractivity contribution is 0.544. The first-order chi connectivity index (χ1) is 10.2. The molecule has 0 saturated carbocycles. The number of nitrogens with zero attached hydrogens (tertiary/aromatic N) is 1. The molecule has 1 N–H and O–H groups in total. The first kappa shape index (κ1) is 16.4. The predicted molar refractivity (Wildman–Crippen MR) is 85.3 cm³/mol. The Hall–Kier alpha value is -1.95. The van der Waals surface area contributed by atoms with E-state index in [0.29, 0.717) is 12.4 Å². The molecule has 118 valence electrons. The number of aromatic nitrogens is 1. The molecule has 2 rings (SSSR count). The van der Waals surface area contributed by atoms with Crippen LogP contribution >= 0.6 is 0 Å². The van der Waals surface area contributed by atoms with Gasteiger partial charge in [-0.1, -0.05) is 26.0 Å². The average Bonchev–Trinajstić information content (AvgIpc) is 2.44. The van der Waals surface area contributed by atoms with Gasteiger partial charge in [0, 0.05) is 24.4 Å². The van der Waals surface area contributed by atoms with Crippen LogP contribution in [0.25, 0.3) is 0 Å². The molecule has 0 aliphatic heterocycles. The van der Waals surface area contributed by atoms with E-state index < -0.39 is 9.84 Å². The van der Waals surface area contributed by atoms with Crippen molar-refractivity contribution < 1.29 is 12.8 Å². The fourth-order valence-corrected chi connectivity index (χ4v) is 2.94. The lowest BCUT2D eigenvalue weighted by Gasteiger charge is -2.26. The van der Waals surface area contributed by atoms with Gasteiger partial charge in [-0.2, -0.15) is 0 Å². The molecule has 1 heterocycles. The SMILES string of the molecule is CC(C)(CNc1ncccc1S(C)(=O)=O)c1cccc(F)c1. The molecule has 0 fully saturated rings. The van der Waals surface area contributed by atoms with Crippen LogP contribution in [0.15, 0.2) is 47.5 Å². The zero-order chi connectivity index (χ0) is 16.4. The summed E-state index contributed by atoms with van der Waals surface area (Å²) in [6, 6.07) is 9.49. The van der Waals surface area contributed by atoms with E-state index in [9.17, 15) is 12.8 Å². The summed E-state index contributed by atoms with van der Waals surface area (Å²) in [4.78, 5) is 4.25. The van der Waals surface area contributed by atoms with Crippen LogP contribution in [0.3, 0.4) is 0 Å². The van der Waals surface area contributed by atoms with E-state index in [1.807, 2.05) is 19.9 Å². The highest BCUT2D eigenvalue weighted by atomic mass is 32.2. The third-order valence-electron chi connectivity index (χ3n) is 3.47. The number of nitrogens with one attached hydrogen (secondary N) is 1. The number of sulfone groups is 1. The molecule has 0 unspecified atom stereocenters. The molecule has 4 nitrogen and oxygen atoms in total. The molecule has 1 aromatic carbocycles. The molecule has 0 aliphatic carbocycles. The number of anilines is 1. The van der Waals surface area contributed by atoms with Crippen LogP contribution in [0.1, 0.15) is 19.4 Å². The first-order valence-corrected chi connectivity index (χ1v) is 8.74. The Morgan fingerprint density at radius 3 is 2.59 bits per heavy atom. The molecule has 2 aromatic rings. The van der Waals surface area contributed by atoms with Crippen LogP contribution in [-0.4, -0.2) is 26.2 Å². The van der Waals surface area contributed by atoms with Gasteiger partial charge >= 0.3 is 0 Å². The van der Waals surface area contributed by atoms with Crippen molar-refractivity contribution in [3.05, 3.63) is 54.0 Å². The molecule has 0 radical (unpaired) electrons. The smallest absolute Gasteiger partial charge is 0.179 e. The highest BCUT2D eigenvalue weighted by Crippen LogP contribution is 2.25. The third-order valence-corrected chi connectivity index (χ3v) is 4.60. The van der Waals surface area contributed by atoms with E-state index in [0.717, 1.165) is 11.8 Å². The molecule has 1 aromatic heterocycles. The van der Waals surface area contributed by atoms with Gasteiger partial charge in [0.2, 0.25) is 0 Å². The van der Waals surface area contributed by atoms with Crippen molar-refractivity contribution in [1.29, 1.82) is 0 Å². The second kappa shape index (κ2) is 6.04. The Labute approximate surface area is 130 Å². The third kappa shape index (κ3) is 3.82. The molecule has 0 aliphatic rings. The largest absolute Gasteiger partial charge is 0.368 e. The number of benzene rings is 1. The molecule has 0 spiro atoms. The van der Waals surface area contributed by atoms with Crippen LogP contribution in [0.4, 0.5) is 10.2 Å². The second-order valence-corrected chi connectivity index (χ2v) is 7.85. The number of hydrogen-bond donors (Lipinski definition) is 1. The topological polar surface area (TPSA) is 59.1 Å². The highest BCUT2D eigenvalue weighted by Gasteiger charge is 2.22. The summed E-state index contributed by atoms with van der Waals surface area (Å²) in [5.74, 6) is 0.0229. The fraction of sp³-hybridized carbons (Fsp3) is 0.312.